The van der Waals surface area contributed by atoms with Gasteiger partial charge < -0.3 is 10.6 Å². The van der Waals surface area contributed by atoms with Crippen LogP contribution in [0.25, 0.3) is 0 Å². The van der Waals surface area contributed by atoms with E-state index in [2.05, 4.69) is 5.43 Å². The maximum Gasteiger partial charge on any atom is 0.237 e. The fourth-order valence-corrected chi connectivity index (χ4v) is 3.03. The summed E-state index contributed by atoms with van der Waals surface area (Å²) in [5, 5.41) is 0. The summed E-state index contributed by atoms with van der Waals surface area (Å²) < 4.78 is 0. The highest BCUT2D eigenvalue weighted by atomic mass is 32.2. The quantitative estimate of drug-likeness (QED) is 0.353. The van der Waals surface area contributed by atoms with Crippen LogP contribution in [0, 0.1) is 5.92 Å². The Morgan fingerprint density at radius 2 is 2.05 bits per heavy atom. The van der Waals surface area contributed by atoms with Gasteiger partial charge in [0, 0.05) is 30.8 Å². The third-order valence-corrected chi connectivity index (χ3v) is 4.56. The summed E-state index contributed by atoms with van der Waals surface area (Å²) >= 11 is 1.58. The summed E-state index contributed by atoms with van der Waals surface area (Å²) in [6, 6.07) is 0.164. The average molecular weight is 288 g/mol. The van der Waals surface area contributed by atoms with Crippen LogP contribution >= 0.6 is 11.8 Å². The summed E-state index contributed by atoms with van der Waals surface area (Å²) in [6.45, 7) is 3.31. The van der Waals surface area contributed by atoms with Crippen LogP contribution in [0.1, 0.15) is 26.2 Å². The monoisotopic (exact) mass is 288 g/mol. The molecule has 0 aromatic rings. The molecule has 0 aliphatic carbocycles. The van der Waals surface area contributed by atoms with Gasteiger partial charge in [0.2, 0.25) is 11.8 Å². The van der Waals surface area contributed by atoms with E-state index >= 15 is 0 Å². The van der Waals surface area contributed by atoms with Crippen LogP contribution in [-0.4, -0.2) is 47.4 Å². The number of nitrogens with zero attached hydrogens (tertiary/aromatic N) is 1. The van der Waals surface area contributed by atoms with Crippen LogP contribution in [0.15, 0.2) is 0 Å². The number of hydrazine groups is 1. The second-order valence-electron chi connectivity index (χ2n) is 4.85. The van der Waals surface area contributed by atoms with Gasteiger partial charge in [-0.05, 0) is 19.3 Å². The van der Waals surface area contributed by atoms with Crippen molar-refractivity contribution in [2.24, 2.45) is 17.5 Å². The zero-order valence-electron chi connectivity index (χ0n) is 11.4. The molecule has 0 spiro atoms. The molecule has 1 saturated heterocycles. The normalized spacial score (nSPS) is 18.2. The third kappa shape index (κ3) is 5.38. The Kier molecular flexibility index (Phi) is 7.19. The first-order valence-electron chi connectivity index (χ1n) is 6.70. The van der Waals surface area contributed by atoms with Crippen LogP contribution in [0.2, 0.25) is 0 Å². The molecule has 0 aromatic heterocycles. The molecule has 1 unspecified atom stereocenters. The standard InChI is InChI=1S/C12H24N4O2S/c1-2-10(13)7-19-8-11(17)16-5-3-9(4-6-16)12(18)15-14/h9-10H,2-8,13-14H2,1H3,(H,15,18). The smallest absolute Gasteiger partial charge is 0.237 e. The molecule has 2 amide bonds. The molecule has 1 aliphatic heterocycles. The van der Waals surface area contributed by atoms with Gasteiger partial charge in [-0.2, -0.15) is 11.8 Å². The minimum Gasteiger partial charge on any atom is -0.342 e. The number of rotatable bonds is 6. The van der Waals surface area contributed by atoms with Crippen LogP contribution in [-0.2, 0) is 9.59 Å². The second kappa shape index (κ2) is 8.39. The lowest BCUT2D eigenvalue weighted by Crippen LogP contribution is -2.45. The van der Waals surface area contributed by atoms with Crippen LogP contribution in [0.3, 0.4) is 0 Å². The molecule has 5 N–H and O–H groups in total. The number of thioether (sulfide) groups is 1. The maximum absolute atomic E-state index is 12.0. The van der Waals surface area contributed by atoms with Crippen LogP contribution < -0.4 is 17.0 Å². The summed E-state index contributed by atoms with van der Waals surface area (Å²) in [7, 11) is 0. The lowest BCUT2D eigenvalue weighted by Gasteiger charge is -2.31. The van der Waals surface area contributed by atoms with Gasteiger partial charge >= 0.3 is 0 Å². The highest BCUT2D eigenvalue weighted by Crippen LogP contribution is 2.18. The van der Waals surface area contributed by atoms with E-state index in [1.807, 2.05) is 11.8 Å². The Labute approximate surface area is 118 Å². The molecule has 0 saturated carbocycles. The Morgan fingerprint density at radius 3 is 2.58 bits per heavy atom. The Balaban J connectivity index is 2.23. The number of nitrogens with one attached hydrogen (secondary N) is 1. The first-order valence-corrected chi connectivity index (χ1v) is 7.85. The predicted molar refractivity (Wildman–Crippen MR) is 77.2 cm³/mol. The Bertz CT molecular complexity index is 306. The zero-order valence-corrected chi connectivity index (χ0v) is 12.2. The lowest BCUT2D eigenvalue weighted by molar-refractivity contribution is -0.133. The fourth-order valence-electron chi connectivity index (χ4n) is 2.02. The van der Waals surface area contributed by atoms with E-state index in [9.17, 15) is 9.59 Å². The van der Waals surface area contributed by atoms with Crippen molar-refractivity contribution in [3.05, 3.63) is 0 Å². The van der Waals surface area contributed by atoms with Gasteiger partial charge in [0.1, 0.15) is 0 Å². The van der Waals surface area contributed by atoms with Crippen molar-refractivity contribution in [2.75, 3.05) is 24.6 Å². The number of hydrogen-bond donors (Lipinski definition) is 3. The van der Waals surface area contributed by atoms with E-state index in [0.717, 1.165) is 12.2 Å². The average Bonchev–Trinajstić information content (AvgIpc) is 2.46. The molecular weight excluding hydrogens is 264 g/mol. The lowest BCUT2D eigenvalue weighted by atomic mass is 9.96. The van der Waals surface area contributed by atoms with E-state index < -0.39 is 0 Å². The number of nitrogens with two attached hydrogens (primary N) is 2. The molecule has 7 heteroatoms. The first-order chi connectivity index (χ1) is 9.08. The molecule has 0 radical (unpaired) electrons. The van der Waals surface area contributed by atoms with Crippen molar-refractivity contribution in [2.45, 2.75) is 32.2 Å². The van der Waals surface area contributed by atoms with Gasteiger partial charge in [0.25, 0.3) is 0 Å². The summed E-state index contributed by atoms with van der Waals surface area (Å²) in [6.07, 6.45) is 2.31. The summed E-state index contributed by atoms with van der Waals surface area (Å²) in [5.41, 5.74) is 7.97. The number of carbonyl (C=O) groups excluding carboxylic acids is 2. The molecule has 0 aromatic carbocycles. The third-order valence-electron chi connectivity index (χ3n) is 3.44. The molecule has 1 aliphatic rings. The Morgan fingerprint density at radius 1 is 1.42 bits per heavy atom. The highest BCUT2D eigenvalue weighted by molar-refractivity contribution is 7.99. The molecule has 1 fully saturated rings. The largest absolute Gasteiger partial charge is 0.342 e. The van der Waals surface area contributed by atoms with Gasteiger partial charge in [0.05, 0.1) is 5.75 Å². The van der Waals surface area contributed by atoms with Crippen molar-refractivity contribution >= 4 is 23.6 Å². The minimum atomic E-state index is -0.129. The second-order valence-corrected chi connectivity index (χ2v) is 5.88. The first kappa shape index (κ1) is 16.3. The van der Waals surface area contributed by atoms with Gasteiger partial charge in [0.15, 0.2) is 0 Å². The Hall–Kier alpha value is -0.790. The number of amides is 2. The maximum atomic E-state index is 12.0. The van der Waals surface area contributed by atoms with Crippen LogP contribution in [0.4, 0.5) is 0 Å². The fraction of sp³-hybridized carbons (Fsp3) is 0.833. The summed E-state index contributed by atoms with van der Waals surface area (Å²) in [5.74, 6) is 6.35. The van der Waals surface area contributed by atoms with E-state index in [-0.39, 0.29) is 23.8 Å². The topological polar surface area (TPSA) is 101 Å². The highest BCUT2D eigenvalue weighted by Gasteiger charge is 2.26. The zero-order chi connectivity index (χ0) is 14.3. The number of likely N-dealkylation sites (tertiary alicyclic amines) is 1. The van der Waals surface area contributed by atoms with Crippen molar-refractivity contribution in [1.82, 2.24) is 10.3 Å². The number of hydrogen-bond acceptors (Lipinski definition) is 5. The minimum absolute atomic E-state index is 0.0600. The molecular formula is C12H24N4O2S. The van der Waals surface area contributed by atoms with E-state index in [4.69, 9.17) is 11.6 Å². The van der Waals surface area contributed by atoms with Gasteiger partial charge in [-0.25, -0.2) is 5.84 Å². The van der Waals surface area contributed by atoms with Crippen LogP contribution in [0.5, 0.6) is 0 Å². The van der Waals surface area contributed by atoms with Crippen molar-refractivity contribution in [1.29, 1.82) is 0 Å². The predicted octanol–water partition coefficient (Wildman–Crippen LogP) is -0.315. The molecule has 110 valence electrons. The number of piperidine rings is 1. The summed E-state index contributed by atoms with van der Waals surface area (Å²) in [4.78, 5) is 25.1. The van der Waals surface area contributed by atoms with Gasteiger partial charge in [-0.15, -0.1) is 0 Å². The van der Waals surface area contributed by atoms with E-state index in [1.54, 1.807) is 11.8 Å². The van der Waals surface area contributed by atoms with Crippen molar-refractivity contribution in [3.8, 4) is 0 Å². The van der Waals surface area contributed by atoms with E-state index in [0.29, 0.717) is 31.7 Å². The molecule has 6 nitrogen and oxygen atoms in total. The molecule has 19 heavy (non-hydrogen) atoms. The molecule has 1 atom stereocenters. The molecule has 0 bridgehead atoms. The van der Waals surface area contributed by atoms with E-state index in [1.165, 1.54) is 0 Å². The SMILES string of the molecule is CCC(N)CSCC(=O)N1CCC(C(=O)NN)CC1. The van der Waals surface area contributed by atoms with Gasteiger partial charge in [-0.3, -0.25) is 15.0 Å². The molecule has 1 heterocycles. The van der Waals surface area contributed by atoms with Crippen molar-refractivity contribution < 1.29 is 9.59 Å². The van der Waals surface area contributed by atoms with Gasteiger partial charge in [-0.1, -0.05) is 6.92 Å². The number of carbonyl (C=O) groups is 2. The van der Waals surface area contributed by atoms with Crippen molar-refractivity contribution in [3.63, 3.8) is 0 Å². The molecule has 1 rings (SSSR count).